The number of alkyl carbamates (subject to hydrolysis) is 1. The number of nitrogens with zero attached hydrogens (tertiary/aromatic N) is 1. The minimum Gasteiger partial charge on any atom is -0.444 e. The van der Waals surface area contributed by atoms with Gasteiger partial charge in [-0.3, -0.25) is 24.5 Å². The Morgan fingerprint density at radius 3 is 1.91 bits per heavy atom. The van der Waals surface area contributed by atoms with E-state index in [0.717, 1.165) is 36.8 Å². The first kappa shape index (κ1) is 41.3. The van der Waals surface area contributed by atoms with Crippen LogP contribution >= 0.6 is 11.8 Å². The summed E-state index contributed by atoms with van der Waals surface area (Å²) in [6, 6.07) is 16.6. The maximum Gasteiger partial charge on any atom is 0.414 e. The van der Waals surface area contributed by atoms with Gasteiger partial charge in [0.1, 0.15) is 17.7 Å². The van der Waals surface area contributed by atoms with Crippen molar-refractivity contribution in [3.63, 3.8) is 0 Å². The number of hydrogen-bond acceptors (Lipinski definition) is 8. The summed E-state index contributed by atoms with van der Waals surface area (Å²) >= 11 is 1.57. The molecule has 4 saturated carbocycles. The highest BCUT2D eigenvalue weighted by molar-refractivity contribution is 7.98. The van der Waals surface area contributed by atoms with Gasteiger partial charge in [-0.05, 0) is 119 Å². The molecule has 0 heterocycles. The normalized spacial score (nSPS) is 23.1. The molecule has 12 heteroatoms. The van der Waals surface area contributed by atoms with E-state index in [2.05, 4.69) is 21.3 Å². The summed E-state index contributed by atoms with van der Waals surface area (Å²) in [6.45, 7) is 7.34. The van der Waals surface area contributed by atoms with Crippen LogP contribution in [-0.2, 0) is 36.8 Å². The zero-order chi connectivity index (χ0) is 38.8. The van der Waals surface area contributed by atoms with E-state index in [1.165, 1.54) is 6.42 Å². The van der Waals surface area contributed by atoms with Crippen molar-refractivity contribution < 1.29 is 28.7 Å². The molecule has 4 bridgehead atoms. The minimum absolute atomic E-state index is 0.192. The second kappa shape index (κ2) is 19.1. The molecule has 0 spiro atoms. The molecule has 6 rings (SSSR count). The second-order valence-electron chi connectivity index (χ2n) is 16.3. The summed E-state index contributed by atoms with van der Waals surface area (Å²) in [5, 5.41) is 11.5. The van der Waals surface area contributed by atoms with Gasteiger partial charge in [-0.1, -0.05) is 67.6 Å². The topological polar surface area (TPSA) is 146 Å². The van der Waals surface area contributed by atoms with Crippen LogP contribution in [0.2, 0.25) is 0 Å². The molecule has 11 nitrogen and oxygen atoms in total. The Balaban J connectivity index is 1.38. The van der Waals surface area contributed by atoms with Crippen molar-refractivity contribution in [2.75, 3.05) is 25.1 Å². The van der Waals surface area contributed by atoms with Crippen molar-refractivity contribution in [3.05, 3.63) is 71.8 Å². The van der Waals surface area contributed by atoms with Crippen LogP contribution in [0, 0.1) is 23.7 Å². The van der Waals surface area contributed by atoms with Crippen LogP contribution < -0.4 is 21.3 Å². The Hall–Kier alpha value is -3.90. The van der Waals surface area contributed by atoms with Crippen molar-refractivity contribution in [2.45, 2.75) is 109 Å². The van der Waals surface area contributed by atoms with Crippen molar-refractivity contribution in [2.24, 2.45) is 23.7 Å². The molecule has 54 heavy (non-hydrogen) atoms. The van der Waals surface area contributed by atoms with E-state index in [4.69, 9.17) is 4.74 Å². The number of carbonyl (C=O) groups excluding carboxylic acids is 5. The molecule has 4 aliphatic carbocycles. The Labute approximate surface area is 324 Å². The first-order valence-electron chi connectivity index (χ1n) is 19.6. The van der Waals surface area contributed by atoms with Gasteiger partial charge in [0, 0.05) is 12.5 Å². The van der Waals surface area contributed by atoms with Gasteiger partial charge in [0.25, 0.3) is 5.91 Å². The van der Waals surface area contributed by atoms with E-state index in [1.54, 1.807) is 37.4 Å². The smallest absolute Gasteiger partial charge is 0.414 e. The van der Waals surface area contributed by atoms with Crippen LogP contribution in [0.3, 0.4) is 0 Å². The first-order valence-corrected chi connectivity index (χ1v) is 21.0. The molecule has 294 valence electrons. The molecule has 0 aliphatic heterocycles. The summed E-state index contributed by atoms with van der Waals surface area (Å²) in [5.41, 5.74) is 1.02. The van der Waals surface area contributed by atoms with Gasteiger partial charge in [-0.15, -0.1) is 0 Å². The highest BCUT2D eigenvalue weighted by atomic mass is 32.2. The molecular formula is C42H59N5O6S. The average Bonchev–Trinajstić information content (AvgIpc) is 3.12. The zero-order valence-electron chi connectivity index (χ0n) is 32.5. The molecule has 0 unspecified atom stereocenters. The number of benzene rings is 2. The lowest BCUT2D eigenvalue weighted by Gasteiger charge is -2.58. The molecule has 2 aromatic carbocycles. The molecule has 3 atom stereocenters. The Kier molecular flexibility index (Phi) is 14.6. The van der Waals surface area contributed by atoms with Crippen molar-refractivity contribution >= 4 is 41.5 Å². The van der Waals surface area contributed by atoms with Crippen molar-refractivity contribution in [1.29, 1.82) is 0 Å². The summed E-state index contributed by atoms with van der Waals surface area (Å²) in [6.07, 6.45) is 7.32. The van der Waals surface area contributed by atoms with Crippen LogP contribution in [0.15, 0.2) is 60.7 Å². The molecule has 0 radical (unpaired) electrons. The van der Waals surface area contributed by atoms with E-state index >= 15 is 0 Å². The average molecular weight is 762 g/mol. The fourth-order valence-corrected chi connectivity index (χ4v) is 9.52. The quantitative estimate of drug-likeness (QED) is 0.179. The standard InChI is InChI=1S/C42H59N5O6S/c1-6-43-34(24-27-13-9-7-10-14-27)39(50)45-33(17-18-54-5)38(49)44-26-36(48)47(37-31-20-29-19-30(22-31)23-32(37)21-29)35(25-28-15-11-8-12-16-28)40(51)46-41(52)53-42(2,3)4/h7-16,29-35,37,43H,6,17-26H2,1-5H3,(H,44,49)(H,45,50)(H,46,51,52)/t29?,30?,31?,32?,33-,34+,35-,37?/m1/s1. The number of nitrogens with one attached hydrogen (secondary N) is 4. The number of ether oxygens (including phenoxy) is 1. The number of thioether (sulfide) groups is 1. The fourth-order valence-electron chi connectivity index (χ4n) is 9.05. The molecule has 5 amide bonds. The lowest BCUT2D eigenvalue weighted by atomic mass is 9.53. The van der Waals surface area contributed by atoms with Gasteiger partial charge in [0.15, 0.2) is 0 Å². The number of imide groups is 1. The molecule has 2 aromatic rings. The minimum atomic E-state index is -1.02. The van der Waals surface area contributed by atoms with Crippen LogP contribution in [0.25, 0.3) is 0 Å². The van der Waals surface area contributed by atoms with Crippen molar-refractivity contribution in [1.82, 2.24) is 26.2 Å². The van der Waals surface area contributed by atoms with Gasteiger partial charge < -0.3 is 25.6 Å². The number of amides is 5. The lowest BCUT2D eigenvalue weighted by Crippen LogP contribution is -2.65. The van der Waals surface area contributed by atoms with Crippen LogP contribution in [0.1, 0.15) is 77.3 Å². The number of hydrogen-bond donors (Lipinski definition) is 4. The predicted molar refractivity (Wildman–Crippen MR) is 212 cm³/mol. The Morgan fingerprint density at radius 2 is 1.37 bits per heavy atom. The molecule has 4 aliphatic rings. The highest BCUT2D eigenvalue weighted by Gasteiger charge is 2.53. The molecule has 0 saturated heterocycles. The van der Waals surface area contributed by atoms with Gasteiger partial charge in [-0.25, -0.2) is 4.79 Å². The van der Waals surface area contributed by atoms with Gasteiger partial charge in [0.05, 0.1) is 12.6 Å². The largest absolute Gasteiger partial charge is 0.444 e. The number of likely N-dealkylation sites (N-methyl/N-ethyl adjacent to an activating group) is 1. The Bertz CT molecular complexity index is 1560. The summed E-state index contributed by atoms with van der Waals surface area (Å²) in [7, 11) is 0. The van der Waals surface area contributed by atoms with E-state index in [0.29, 0.717) is 37.0 Å². The maximum absolute atomic E-state index is 14.7. The fraction of sp³-hybridized carbons (Fsp3) is 0.595. The number of rotatable bonds is 17. The summed E-state index contributed by atoms with van der Waals surface area (Å²) in [5.74, 6) is 0.596. The predicted octanol–water partition coefficient (Wildman–Crippen LogP) is 4.88. The maximum atomic E-state index is 14.7. The summed E-state index contributed by atoms with van der Waals surface area (Å²) in [4.78, 5) is 71.0. The monoisotopic (exact) mass is 761 g/mol. The third-order valence-corrected chi connectivity index (χ3v) is 11.7. The molecule has 4 fully saturated rings. The summed E-state index contributed by atoms with van der Waals surface area (Å²) < 4.78 is 5.45. The van der Waals surface area contributed by atoms with E-state index in [9.17, 15) is 24.0 Å². The zero-order valence-corrected chi connectivity index (χ0v) is 33.3. The molecule has 0 aromatic heterocycles. The first-order chi connectivity index (χ1) is 25.8. The lowest BCUT2D eigenvalue weighted by molar-refractivity contribution is -0.154. The molecule has 4 N–H and O–H groups in total. The van der Waals surface area contributed by atoms with Crippen LogP contribution in [0.4, 0.5) is 4.79 Å². The SMILES string of the molecule is CCN[C@@H](Cc1ccccc1)C(=O)N[C@H](CCSC)C(=O)NCC(=O)N(C1C2CC3CC(C2)CC1C3)[C@H](Cc1ccccc1)C(=O)NC(=O)OC(C)(C)C. The van der Waals surface area contributed by atoms with Crippen LogP contribution in [-0.4, -0.2) is 89.5 Å². The van der Waals surface area contributed by atoms with Gasteiger partial charge in [0.2, 0.25) is 17.7 Å². The third-order valence-electron chi connectivity index (χ3n) is 11.0. The van der Waals surface area contributed by atoms with E-state index in [1.807, 2.05) is 73.8 Å². The third kappa shape index (κ3) is 11.3. The van der Waals surface area contributed by atoms with E-state index in [-0.39, 0.29) is 42.7 Å². The number of carbonyl (C=O) groups is 5. The van der Waals surface area contributed by atoms with Crippen LogP contribution in [0.5, 0.6) is 0 Å². The molecular weight excluding hydrogens is 703 g/mol. The Morgan fingerprint density at radius 1 is 0.796 bits per heavy atom. The second-order valence-corrected chi connectivity index (χ2v) is 17.3. The van der Waals surface area contributed by atoms with Crippen molar-refractivity contribution in [3.8, 4) is 0 Å². The van der Waals surface area contributed by atoms with Gasteiger partial charge >= 0.3 is 6.09 Å². The van der Waals surface area contributed by atoms with E-state index < -0.39 is 41.6 Å². The highest BCUT2D eigenvalue weighted by Crippen LogP contribution is 2.55. The van der Waals surface area contributed by atoms with Gasteiger partial charge in [-0.2, -0.15) is 11.8 Å².